The molecule has 0 spiro atoms. The number of fused-ring (bicyclic) bond motifs is 4. The minimum absolute atomic E-state index is 0.155. The van der Waals surface area contributed by atoms with Gasteiger partial charge in [0.2, 0.25) is 5.91 Å². The van der Waals surface area contributed by atoms with Gasteiger partial charge in [-0.2, -0.15) is 0 Å². The molecule has 5 heteroatoms. The number of aryl methyl sites for hydroxylation is 2. The van der Waals surface area contributed by atoms with E-state index in [2.05, 4.69) is 42.5 Å². The Bertz CT molecular complexity index is 1190. The molecule has 2 saturated heterocycles. The highest BCUT2D eigenvalue weighted by atomic mass is 35.5. The van der Waals surface area contributed by atoms with E-state index >= 15 is 0 Å². The van der Waals surface area contributed by atoms with Crippen LogP contribution in [0.3, 0.4) is 0 Å². The molecule has 0 radical (unpaired) electrons. The molecule has 1 amide bonds. The molecule has 3 aliphatic rings. The summed E-state index contributed by atoms with van der Waals surface area (Å²) in [6.45, 7) is 0.942. The Morgan fingerprint density at radius 1 is 0.969 bits per heavy atom. The topological polar surface area (TPSA) is 38.8 Å². The van der Waals surface area contributed by atoms with E-state index in [1.54, 1.807) is 12.1 Å². The van der Waals surface area contributed by atoms with Gasteiger partial charge in [0.25, 0.3) is 0 Å². The van der Waals surface area contributed by atoms with Gasteiger partial charge in [0.05, 0.1) is 6.54 Å². The Morgan fingerprint density at radius 2 is 1.75 bits per heavy atom. The van der Waals surface area contributed by atoms with Crippen molar-refractivity contribution in [2.75, 3.05) is 13.2 Å². The fourth-order valence-corrected chi connectivity index (χ4v) is 5.51. The van der Waals surface area contributed by atoms with Crippen molar-refractivity contribution in [2.45, 2.75) is 37.5 Å². The minimum atomic E-state index is -0.683. The Balaban J connectivity index is 1.28. The van der Waals surface area contributed by atoms with Gasteiger partial charge in [-0.3, -0.25) is 4.79 Å². The van der Waals surface area contributed by atoms with Crippen molar-refractivity contribution in [3.63, 3.8) is 0 Å². The van der Waals surface area contributed by atoms with Gasteiger partial charge < -0.3 is 14.4 Å². The Kier molecular flexibility index (Phi) is 4.74. The molecule has 162 valence electrons. The number of hydrogen-bond acceptors (Lipinski definition) is 3. The summed E-state index contributed by atoms with van der Waals surface area (Å²) in [6.07, 6.45) is 3.07. The number of carbonyl (C=O) groups is 1. The van der Waals surface area contributed by atoms with E-state index in [1.165, 1.54) is 22.3 Å². The third-order valence-electron chi connectivity index (χ3n) is 6.94. The fourth-order valence-electron chi connectivity index (χ4n) is 5.39. The van der Waals surface area contributed by atoms with Crippen LogP contribution in [0.25, 0.3) is 11.1 Å². The van der Waals surface area contributed by atoms with Gasteiger partial charge >= 0.3 is 0 Å². The Morgan fingerprint density at radius 3 is 2.62 bits per heavy atom. The first-order valence-corrected chi connectivity index (χ1v) is 11.6. The molecule has 0 bridgehead atoms. The van der Waals surface area contributed by atoms with E-state index < -0.39 is 5.72 Å². The lowest BCUT2D eigenvalue weighted by atomic mass is 9.83. The standard InChI is InChI=1S/C27H24ClNO3/c28-21-8-10-22(11-9-21)31-17-23-16-29-26(30)13-14-27(29,32-23)20-7-12-25-19(15-20)6-5-18-3-1-2-4-24(18)25/h1-4,7-12,15,23H,5-6,13-14,16-17H2/t23-,27+/m0/s1. The molecule has 0 aromatic heterocycles. The summed E-state index contributed by atoms with van der Waals surface area (Å²) >= 11 is 5.96. The van der Waals surface area contributed by atoms with E-state index in [1.807, 2.05) is 17.0 Å². The highest BCUT2D eigenvalue weighted by Crippen LogP contribution is 2.47. The predicted octanol–water partition coefficient (Wildman–Crippen LogP) is 5.36. The normalized spacial score (nSPS) is 23.6. The second-order valence-electron chi connectivity index (χ2n) is 8.82. The third-order valence-corrected chi connectivity index (χ3v) is 7.19. The van der Waals surface area contributed by atoms with E-state index in [9.17, 15) is 4.79 Å². The summed E-state index contributed by atoms with van der Waals surface area (Å²) in [5, 5.41) is 0.676. The highest BCUT2D eigenvalue weighted by Gasteiger charge is 2.54. The Hall–Kier alpha value is -2.82. The maximum atomic E-state index is 12.7. The van der Waals surface area contributed by atoms with Crippen molar-refractivity contribution >= 4 is 17.5 Å². The molecule has 2 fully saturated rings. The zero-order valence-corrected chi connectivity index (χ0v) is 18.5. The van der Waals surface area contributed by atoms with Crippen molar-refractivity contribution in [1.29, 1.82) is 0 Å². The van der Waals surface area contributed by atoms with Gasteiger partial charge in [0.1, 0.15) is 18.5 Å². The fraction of sp³-hybridized carbons (Fsp3) is 0.296. The first-order valence-electron chi connectivity index (χ1n) is 11.2. The number of ether oxygens (including phenoxy) is 2. The van der Waals surface area contributed by atoms with Crippen LogP contribution in [0.4, 0.5) is 0 Å². The molecule has 3 aromatic carbocycles. The summed E-state index contributed by atoms with van der Waals surface area (Å²) in [6, 6.07) is 22.6. The summed E-state index contributed by atoms with van der Waals surface area (Å²) < 4.78 is 12.5. The van der Waals surface area contributed by atoms with Crippen LogP contribution in [0, 0.1) is 0 Å². The third kappa shape index (κ3) is 3.21. The van der Waals surface area contributed by atoms with E-state index in [0.29, 0.717) is 31.0 Å². The zero-order chi connectivity index (χ0) is 21.7. The number of amides is 1. The van der Waals surface area contributed by atoms with Gasteiger partial charge in [0.15, 0.2) is 5.72 Å². The molecule has 3 aromatic rings. The molecular weight excluding hydrogens is 422 g/mol. The van der Waals surface area contributed by atoms with Crippen molar-refractivity contribution in [1.82, 2.24) is 4.90 Å². The minimum Gasteiger partial charge on any atom is -0.491 e. The summed E-state index contributed by atoms with van der Waals surface area (Å²) in [7, 11) is 0. The van der Waals surface area contributed by atoms with Gasteiger partial charge in [-0.25, -0.2) is 0 Å². The van der Waals surface area contributed by atoms with E-state index in [4.69, 9.17) is 21.1 Å². The average Bonchev–Trinajstić information content (AvgIpc) is 3.35. The molecular formula is C27H24ClNO3. The van der Waals surface area contributed by atoms with Gasteiger partial charge in [-0.15, -0.1) is 0 Å². The predicted molar refractivity (Wildman–Crippen MR) is 124 cm³/mol. The first-order chi connectivity index (χ1) is 15.6. The second kappa shape index (κ2) is 7.65. The number of benzene rings is 3. The van der Waals surface area contributed by atoms with Crippen LogP contribution in [0.2, 0.25) is 5.02 Å². The number of halogens is 1. The van der Waals surface area contributed by atoms with Crippen molar-refractivity contribution in [3.05, 3.63) is 88.4 Å². The molecule has 0 unspecified atom stereocenters. The van der Waals surface area contributed by atoms with Gasteiger partial charge in [-0.05, 0) is 59.4 Å². The molecule has 4 nitrogen and oxygen atoms in total. The van der Waals surface area contributed by atoms with Crippen LogP contribution in [-0.2, 0) is 28.1 Å². The maximum Gasteiger partial charge on any atom is 0.225 e. The highest BCUT2D eigenvalue weighted by molar-refractivity contribution is 6.30. The zero-order valence-electron chi connectivity index (χ0n) is 17.7. The van der Waals surface area contributed by atoms with Crippen LogP contribution in [0.1, 0.15) is 29.5 Å². The summed E-state index contributed by atoms with van der Waals surface area (Å²) in [4.78, 5) is 14.7. The lowest BCUT2D eigenvalue weighted by molar-refractivity contribution is -0.140. The van der Waals surface area contributed by atoms with Crippen molar-refractivity contribution < 1.29 is 14.3 Å². The maximum absolute atomic E-state index is 12.7. The van der Waals surface area contributed by atoms with Crippen LogP contribution in [-0.4, -0.2) is 30.1 Å². The number of carbonyl (C=O) groups excluding carboxylic acids is 1. The van der Waals surface area contributed by atoms with Crippen molar-refractivity contribution in [3.8, 4) is 16.9 Å². The van der Waals surface area contributed by atoms with E-state index in [-0.39, 0.29) is 12.0 Å². The largest absolute Gasteiger partial charge is 0.491 e. The van der Waals surface area contributed by atoms with Crippen LogP contribution < -0.4 is 4.74 Å². The molecule has 0 saturated carbocycles. The van der Waals surface area contributed by atoms with E-state index in [0.717, 1.165) is 24.2 Å². The first kappa shape index (κ1) is 19.8. The lowest BCUT2D eigenvalue weighted by Gasteiger charge is -2.32. The Labute approximate surface area is 192 Å². The van der Waals surface area contributed by atoms with Crippen LogP contribution >= 0.6 is 11.6 Å². The number of nitrogens with zero attached hydrogens (tertiary/aromatic N) is 1. The second-order valence-corrected chi connectivity index (χ2v) is 9.26. The molecule has 6 rings (SSSR count). The molecule has 32 heavy (non-hydrogen) atoms. The lowest BCUT2D eigenvalue weighted by Crippen LogP contribution is -2.39. The number of rotatable bonds is 4. The SMILES string of the molecule is O=C1CC[C@]2(c3ccc4c(c3)CCc3ccccc3-4)O[C@H](COc3ccc(Cl)cc3)CN12. The number of hydrogen-bond donors (Lipinski definition) is 0. The van der Waals surface area contributed by atoms with Gasteiger partial charge in [-0.1, -0.05) is 54.1 Å². The smallest absolute Gasteiger partial charge is 0.225 e. The molecule has 0 N–H and O–H groups in total. The molecule has 2 aliphatic heterocycles. The molecule has 2 atom stereocenters. The average molecular weight is 446 g/mol. The van der Waals surface area contributed by atoms with Crippen LogP contribution in [0.5, 0.6) is 5.75 Å². The molecule has 1 aliphatic carbocycles. The van der Waals surface area contributed by atoms with Gasteiger partial charge in [0, 0.05) is 23.4 Å². The molecule has 2 heterocycles. The van der Waals surface area contributed by atoms with Crippen molar-refractivity contribution in [2.24, 2.45) is 0 Å². The summed E-state index contributed by atoms with van der Waals surface area (Å²) in [5.74, 6) is 0.903. The van der Waals surface area contributed by atoms with Crippen LogP contribution in [0.15, 0.2) is 66.7 Å². The quantitative estimate of drug-likeness (QED) is 0.542. The monoisotopic (exact) mass is 445 g/mol. The summed E-state index contributed by atoms with van der Waals surface area (Å²) in [5.41, 5.74) is 5.74.